The molecule has 7 nitrogen and oxygen atoms in total. The summed E-state index contributed by atoms with van der Waals surface area (Å²) in [5, 5.41) is 13.6. The van der Waals surface area contributed by atoms with Crippen LogP contribution in [0.2, 0.25) is 0 Å². The number of nitro benzene ring substituents is 1. The molecule has 0 radical (unpaired) electrons. The number of nitro groups is 1. The monoisotopic (exact) mass is 295 g/mol. The van der Waals surface area contributed by atoms with Gasteiger partial charge in [0.25, 0.3) is 5.69 Å². The summed E-state index contributed by atoms with van der Waals surface area (Å²) in [6.45, 7) is 0.0542. The second kappa shape index (κ2) is 7.76. The molecule has 104 valence electrons. The van der Waals surface area contributed by atoms with E-state index < -0.39 is 16.1 Å². The van der Waals surface area contributed by atoms with E-state index in [2.05, 4.69) is 16.4 Å². The highest BCUT2D eigenvalue weighted by atomic mass is 35.5. The summed E-state index contributed by atoms with van der Waals surface area (Å²) in [4.78, 5) is 21.2. The molecule has 1 aromatic carbocycles. The third-order valence-electron chi connectivity index (χ3n) is 2.01. The molecule has 1 aromatic rings. The van der Waals surface area contributed by atoms with E-state index in [1.807, 2.05) is 0 Å². The molecule has 1 rings (SSSR count). The Morgan fingerprint density at radius 1 is 1.50 bits per heavy atom. The fourth-order valence-corrected chi connectivity index (χ4v) is 1.18. The number of hydrogen-bond donors (Lipinski definition) is 1. The molecule has 0 spiro atoms. The molecule has 0 aliphatic carbocycles. The van der Waals surface area contributed by atoms with Crippen molar-refractivity contribution in [1.29, 1.82) is 0 Å². The van der Waals surface area contributed by atoms with E-state index in [0.717, 1.165) is 0 Å². The van der Waals surface area contributed by atoms with Crippen LogP contribution in [0.5, 0.6) is 0 Å². The molecular formula is C12H10ClN3O4. The zero-order valence-corrected chi connectivity index (χ0v) is 11.0. The van der Waals surface area contributed by atoms with Gasteiger partial charge in [0, 0.05) is 18.6 Å². The van der Waals surface area contributed by atoms with Crippen LogP contribution in [-0.2, 0) is 9.53 Å². The topological polar surface area (TPSA) is 93.8 Å². The third-order valence-corrected chi connectivity index (χ3v) is 2.25. The summed E-state index contributed by atoms with van der Waals surface area (Å²) in [5.41, 5.74) is 2.85. The summed E-state index contributed by atoms with van der Waals surface area (Å²) < 4.78 is 4.71. The van der Waals surface area contributed by atoms with E-state index in [1.165, 1.54) is 24.3 Å². The molecule has 0 amide bonds. The van der Waals surface area contributed by atoms with Crippen molar-refractivity contribution in [3.05, 3.63) is 34.4 Å². The molecule has 0 aliphatic rings. The van der Waals surface area contributed by atoms with Crippen LogP contribution in [0.15, 0.2) is 29.4 Å². The predicted molar refractivity (Wildman–Crippen MR) is 74.4 cm³/mol. The van der Waals surface area contributed by atoms with Gasteiger partial charge in [0.05, 0.1) is 10.6 Å². The summed E-state index contributed by atoms with van der Waals surface area (Å²) in [5.74, 6) is 1.49. The minimum Gasteiger partial charge on any atom is -0.459 e. The van der Waals surface area contributed by atoms with Crippen molar-refractivity contribution in [3.63, 3.8) is 0 Å². The molecule has 8 heteroatoms. The Balaban J connectivity index is 2.56. The number of ether oxygens (including phenoxy) is 1. The smallest absolute Gasteiger partial charge is 0.370 e. The fraction of sp³-hybridized carbons (Fsp3) is 0.167. The van der Waals surface area contributed by atoms with Crippen LogP contribution in [0.3, 0.4) is 0 Å². The maximum atomic E-state index is 11.3. The van der Waals surface area contributed by atoms with Gasteiger partial charge in [-0.15, -0.1) is 12.3 Å². The predicted octanol–water partition coefficient (Wildman–Crippen LogP) is 2.13. The minimum absolute atomic E-state index is 0.0542. The number of hydrogen-bond acceptors (Lipinski definition) is 6. The van der Waals surface area contributed by atoms with Crippen LogP contribution in [0, 0.1) is 22.5 Å². The first-order valence-electron chi connectivity index (χ1n) is 5.39. The van der Waals surface area contributed by atoms with E-state index in [0.29, 0.717) is 5.69 Å². The average Bonchev–Trinajstić information content (AvgIpc) is 2.45. The number of carbonyl (C=O) groups excluding carboxylic acids is 1. The summed E-state index contributed by atoms with van der Waals surface area (Å²) >= 11 is 5.59. The van der Waals surface area contributed by atoms with Gasteiger partial charge >= 0.3 is 5.97 Å². The summed E-state index contributed by atoms with van der Waals surface area (Å²) in [7, 11) is 0. The van der Waals surface area contributed by atoms with Crippen LogP contribution >= 0.6 is 11.6 Å². The first-order valence-corrected chi connectivity index (χ1v) is 5.76. The van der Waals surface area contributed by atoms with Crippen molar-refractivity contribution in [2.24, 2.45) is 5.10 Å². The average molecular weight is 296 g/mol. The van der Waals surface area contributed by atoms with Crippen LogP contribution in [0.25, 0.3) is 0 Å². The van der Waals surface area contributed by atoms with Crippen molar-refractivity contribution in [1.82, 2.24) is 0 Å². The standard InChI is InChI=1S/C12H10ClN3O4/c1-2-3-8-20-12(17)11(13)15-14-9-4-6-10(7-5-9)16(18)19/h1,4-7,14H,3,8H2/b15-11-. The molecular weight excluding hydrogens is 286 g/mol. The number of nitrogens with zero attached hydrogens (tertiary/aromatic N) is 2. The van der Waals surface area contributed by atoms with Gasteiger partial charge in [0.1, 0.15) is 6.61 Å². The van der Waals surface area contributed by atoms with Crippen LogP contribution in [0.4, 0.5) is 11.4 Å². The molecule has 0 saturated heterocycles. The zero-order chi connectivity index (χ0) is 15.0. The third kappa shape index (κ3) is 4.96. The molecule has 0 bridgehead atoms. The Morgan fingerprint density at radius 2 is 2.15 bits per heavy atom. The largest absolute Gasteiger partial charge is 0.459 e. The van der Waals surface area contributed by atoms with Crippen LogP contribution in [0.1, 0.15) is 6.42 Å². The van der Waals surface area contributed by atoms with Crippen molar-refractivity contribution < 1.29 is 14.5 Å². The number of hydrazone groups is 1. The van der Waals surface area contributed by atoms with Crippen LogP contribution < -0.4 is 5.43 Å². The first kappa shape index (κ1) is 15.5. The number of rotatable bonds is 6. The van der Waals surface area contributed by atoms with E-state index in [1.54, 1.807) is 0 Å². The van der Waals surface area contributed by atoms with E-state index in [9.17, 15) is 14.9 Å². The van der Waals surface area contributed by atoms with Crippen molar-refractivity contribution in [3.8, 4) is 12.3 Å². The highest BCUT2D eigenvalue weighted by Gasteiger charge is 2.10. The maximum Gasteiger partial charge on any atom is 0.370 e. The Morgan fingerprint density at radius 3 is 2.70 bits per heavy atom. The van der Waals surface area contributed by atoms with Gasteiger partial charge in [-0.2, -0.15) is 5.10 Å². The van der Waals surface area contributed by atoms with Crippen molar-refractivity contribution in [2.75, 3.05) is 12.0 Å². The Labute approximate surface area is 119 Å². The van der Waals surface area contributed by atoms with E-state index >= 15 is 0 Å². The number of anilines is 1. The molecule has 0 aliphatic heterocycles. The maximum absolute atomic E-state index is 11.3. The van der Waals surface area contributed by atoms with Gasteiger partial charge in [0.15, 0.2) is 0 Å². The lowest BCUT2D eigenvalue weighted by Crippen LogP contribution is -2.14. The van der Waals surface area contributed by atoms with Gasteiger partial charge in [-0.3, -0.25) is 15.5 Å². The van der Waals surface area contributed by atoms with Gasteiger partial charge < -0.3 is 4.74 Å². The number of carbonyl (C=O) groups is 1. The number of halogens is 1. The van der Waals surface area contributed by atoms with Gasteiger partial charge in [0.2, 0.25) is 5.17 Å². The second-order valence-corrected chi connectivity index (χ2v) is 3.77. The van der Waals surface area contributed by atoms with Gasteiger partial charge in [-0.25, -0.2) is 4.79 Å². The number of terminal acetylenes is 1. The Hall–Kier alpha value is -2.59. The number of benzene rings is 1. The Bertz CT molecular complexity index is 563. The van der Waals surface area contributed by atoms with Gasteiger partial charge in [-0.1, -0.05) is 11.6 Å². The summed E-state index contributed by atoms with van der Waals surface area (Å²) in [6, 6.07) is 5.43. The van der Waals surface area contributed by atoms with E-state index in [-0.39, 0.29) is 18.7 Å². The van der Waals surface area contributed by atoms with Crippen LogP contribution in [-0.4, -0.2) is 22.7 Å². The SMILES string of the molecule is C#CCCOC(=O)/C(Cl)=N/Nc1ccc([N+](=O)[O-])cc1. The quantitative estimate of drug-likeness (QED) is 0.217. The number of non-ortho nitro benzene ring substituents is 1. The Kier molecular flexibility index (Phi) is 6.00. The van der Waals surface area contributed by atoms with Crippen molar-refractivity contribution >= 4 is 34.1 Å². The normalized spacial score (nSPS) is 10.5. The molecule has 0 heterocycles. The highest BCUT2D eigenvalue weighted by Crippen LogP contribution is 2.15. The zero-order valence-electron chi connectivity index (χ0n) is 10.2. The molecule has 0 unspecified atom stereocenters. The lowest BCUT2D eigenvalue weighted by molar-refractivity contribution is -0.384. The lowest BCUT2D eigenvalue weighted by Gasteiger charge is -2.02. The molecule has 0 fully saturated rings. The second-order valence-electron chi connectivity index (χ2n) is 3.41. The fourth-order valence-electron chi connectivity index (χ4n) is 1.08. The van der Waals surface area contributed by atoms with Crippen molar-refractivity contribution in [2.45, 2.75) is 6.42 Å². The highest BCUT2D eigenvalue weighted by molar-refractivity contribution is 6.82. The minimum atomic E-state index is -0.809. The number of nitrogens with one attached hydrogen (secondary N) is 1. The first-order chi connectivity index (χ1) is 9.54. The molecule has 0 saturated carbocycles. The van der Waals surface area contributed by atoms with E-state index in [4.69, 9.17) is 22.8 Å². The van der Waals surface area contributed by atoms with Gasteiger partial charge in [-0.05, 0) is 12.1 Å². The molecule has 0 aromatic heterocycles. The number of esters is 1. The lowest BCUT2D eigenvalue weighted by atomic mass is 10.3. The molecule has 20 heavy (non-hydrogen) atoms. The molecule has 1 N–H and O–H groups in total. The summed E-state index contributed by atoms with van der Waals surface area (Å²) in [6.07, 6.45) is 5.28. The molecule has 0 atom stereocenters.